The van der Waals surface area contributed by atoms with Crippen molar-refractivity contribution in [3.05, 3.63) is 12.7 Å². The summed E-state index contributed by atoms with van der Waals surface area (Å²) in [5.74, 6) is 0.324. The number of rotatable bonds is 5. The largest absolute Gasteiger partial charge is 0.382 e. The Morgan fingerprint density at radius 3 is 2.73 bits per heavy atom. The second-order valence-electron chi connectivity index (χ2n) is 6.31. The van der Waals surface area contributed by atoms with E-state index in [1.165, 1.54) is 6.33 Å². The van der Waals surface area contributed by atoms with Gasteiger partial charge in [-0.3, -0.25) is 4.57 Å². The van der Waals surface area contributed by atoms with E-state index in [0.29, 0.717) is 23.5 Å². The van der Waals surface area contributed by atoms with E-state index in [-0.39, 0.29) is 12.5 Å². The van der Waals surface area contributed by atoms with Gasteiger partial charge in [-0.2, -0.15) is 0 Å². The molecule has 0 amide bonds. The van der Waals surface area contributed by atoms with Crippen LogP contribution in [0.3, 0.4) is 0 Å². The third-order valence-electron chi connectivity index (χ3n) is 3.47. The van der Waals surface area contributed by atoms with Crippen LogP contribution in [0.5, 0.6) is 0 Å². The smallest absolute Gasteiger partial charge is 0.230 e. The zero-order chi connectivity index (χ0) is 16.5. The Hall–Kier alpha value is -1.50. The van der Waals surface area contributed by atoms with Crippen molar-refractivity contribution in [2.24, 2.45) is 0 Å². The number of anilines is 1. The van der Waals surface area contributed by atoms with Gasteiger partial charge in [0.05, 0.1) is 19.0 Å². The summed E-state index contributed by atoms with van der Waals surface area (Å²) >= 11 is 0. The summed E-state index contributed by atoms with van der Waals surface area (Å²) in [4.78, 5) is 22.2. The first-order valence-corrected chi connectivity index (χ1v) is 8.81. The Kier molecular flexibility index (Phi) is 4.56. The number of fused-ring (bicyclic) bond motifs is 1. The minimum absolute atomic E-state index is 0.179. The van der Waals surface area contributed by atoms with Crippen molar-refractivity contribution in [2.75, 3.05) is 12.1 Å². The molecule has 2 aromatic heterocycles. The number of nitrogens with zero attached hydrogens (tertiary/aromatic N) is 4. The Morgan fingerprint density at radius 2 is 2.09 bits per heavy atom. The average Bonchev–Trinajstić information content (AvgIpc) is 2.80. The Morgan fingerprint density at radius 1 is 1.41 bits per heavy atom. The molecule has 8 nitrogen and oxygen atoms in total. The zero-order valence-electron chi connectivity index (χ0n) is 13.2. The lowest BCUT2D eigenvalue weighted by Gasteiger charge is -2.27. The van der Waals surface area contributed by atoms with Gasteiger partial charge in [-0.15, -0.1) is 0 Å². The van der Waals surface area contributed by atoms with Gasteiger partial charge in [0.25, 0.3) is 0 Å². The molecule has 2 aromatic rings. The molecule has 0 radical (unpaired) electrons. The van der Waals surface area contributed by atoms with Crippen LogP contribution in [0.25, 0.3) is 11.2 Å². The van der Waals surface area contributed by atoms with E-state index in [1.807, 2.05) is 6.92 Å². The number of imidazole rings is 1. The van der Waals surface area contributed by atoms with Gasteiger partial charge >= 0.3 is 0 Å². The fourth-order valence-corrected chi connectivity index (χ4v) is 2.63. The van der Waals surface area contributed by atoms with E-state index in [1.54, 1.807) is 31.7 Å². The summed E-state index contributed by atoms with van der Waals surface area (Å²) in [5, 5.41) is -0.698. The number of nitrogens with two attached hydrogens (primary N) is 1. The van der Waals surface area contributed by atoms with Gasteiger partial charge in [-0.1, -0.05) is 20.8 Å². The molecule has 0 aromatic carbocycles. The Labute approximate surface area is 129 Å². The molecular formula is C13H22N5O3P. The molecule has 0 aliphatic heterocycles. The molecular weight excluding hydrogens is 305 g/mol. The van der Waals surface area contributed by atoms with Crippen LogP contribution in [0.15, 0.2) is 12.7 Å². The third kappa shape index (κ3) is 3.45. The van der Waals surface area contributed by atoms with Gasteiger partial charge in [0, 0.05) is 5.16 Å². The minimum atomic E-state index is -3.37. The predicted molar refractivity (Wildman–Crippen MR) is 84.7 cm³/mol. The van der Waals surface area contributed by atoms with Gasteiger partial charge in [0.15, 0.2) is 11.5 Å². The standard InChI is InChI=1S/C13H22N5O3P/c1-9(21-8-22(19,20)13(2,3)4)5-18-7-17-10-11(14)15-6-16-12(10)18/h6-7,9H,5,8H2,1-4H3,(H,19,20)(H2,14,15,16)/t9-/m1/s1. The zero-order valence-corrected chi connectivity index (χ0v) is 14.1. The van der Waals surface area contributed by atoms with E-state index in [2.05, 4.69) is 15.0 Å². The molecule has 2 atom stereocenters. The first-order valence-electron chi connectivity index (χ1n) is 6.96. The normalized spacial score (nSPS) is 16.6. The molecule has 0 saturated carbocycles. The maximum absolute atomic E-state index is 12.2. The summed E-state index contributed by atoms with van der Waals surface area (Å²) in [6.45, 7) is 7.47. The van der Waals surface area contributed by atoms with E-state index in [0.717, 1.165) is 0 Å². The second kappa shape index (κ2) is 5.95. The molecule has 0 aliphatic rings. The summed E-state index contributed by atoms with van der Waals surface area (Å²) in [5.41, 5.74) is 6.89. The molecule has 3 N–H and O–H groups in total. The van der Waals surface area contributed by atoms with Crippen molar-refractivity contribution in [1.82, 2.24) is 19.5 Å². The van der Waals surface area contributed by atoms with Gasteiger partial charge in [0.1, 0.15) is 18.2 Å². The fraction of sp³-hybridized carbons (Fsp3) is 0.615. The second-order valence-corrected chi connectivity index (χ2v) is 9.31. The van der Waals surface area contributed by atoms with E-state index < -0.39 is 12.5 Å². The Bertz CT molecular complexity index is 709. The van der Waals surface area contributed by atoms with E-state index in [9.17, 15) is 9.46 Å². The molecule has 122 valence electrons. The highest BCUT2D eigenvalue weighted by molar-refractivity contribution is 7.59. The van der Waals surface area contributed by atoms with Crippen molar-refractivity contribution < 1.29 is 14.2 Å². The van der Waals surface area contributed by atoms with Crippen LogP contribution in [-0.4, -0.2) is 42.0 Å². The lowest BCUT2D eigenvalue weighted by atomic mass is 10.3. The number of hydrogen-bond acceptors (Lipinski definition) is 6. The van der Waals surface area contributed by atoms with Crippen LogP contribution < -0.4 is 5.73 Å². The van der Waals surface area contributed by atoms with Crippen molar-refractivity contribution in [1.29, 1.82) is 0 Å². The lowest BCUT2D eigenvalue weighted by molar-refractivity contribution is 0.0811. The first-order chi connectivity index (χ1) is 10.1. The summed E-state index contributed by atoms with van der Waals surface area (Å²) in [7, 11) is -3.37. The van der Waals surface area contributed by atoms with Crippen molar-refractivity contribution in [3.8, 4) is 0 Å². The molecule has 2 rings (SSSR count). The van der Waals surface area contributed by atoms with Crippen LogP contribution in [0.4, 0.5) is 5.82 Å². The summed E-state index contributed by atoms with van der Waals surface area (Å²) in [6.07, 6.45) is 2.54. The SMILES string of the molecule is C[C@H](Cn1cnc2c(N)ncnc21)OCP(=O)(O)C(C)(C)C. The van der Waals surface area contributed by atoms with Crippen LogP contribution in [0.2, 0.25) is 0 Å². The minimum Gasteiger partial charge on any atom is -0.382 e. The number of ether oxygens (including phenoxy) is 1. The highest BCUT2D eigenvalue weighted by Crippen LogP contribution is 2.53. The molecule has 0 saturated heterocycles. The van der Waals surface area contributed by atoms with Crippen LogP contribution in [-0.2, 0) is 15.8 Å². The number of nitrogen functional groups attached to an aromatic ring is 1. The summed E-state index contributed by atoms with van der Waals surface area (Å²) < 4.78 is 19.5. The van der Waals surface area contributed by atoms with Crippen LogP contribution in [0.1, 0.15) is 27.7 Å². The topological polar surface area (TPSA) is 116 Å². The van der Waals surface area contributed by atoms with Crippen molar-refractivity contribution in [3.63, 3.8) is 0 Å². The van der Waals surface area contributed by atoms with Crippen molar-refractivity contribution in [2.45, 2.75) is 45.5 Å². The third-order valence-corrected chi connectivity index (χ3v) is 6.06. The molecule has 0 bridgehead atoms. The molecule has 0 spiro atoms. The first kappa shape index (κ1) is 16.9. The molecule has 2 heterocycles. The van der Waals surface area contributed by atoms with E-state index >= 15 is 0 Å². The van der Waals surface area contributed by atoms with Gasteiger partial charge in [-0.25, -0.2) is 15.0 Å². The summed E-state index contributed by atoms with van der Waals surface area (Å²) in [6, 6.07) is 0. The monoisotopic (exact) mass is 327 g/mol. The maximum Gasteiger partial charge on any atom is 0.230 e. The highest BCUT2D eigenvalue weighted by Gasteiger charge is 2.35. The molecule has 0 aliphatic carbocycles. The molecule has 0 fully saturated rings. The number of aromatic nitrogens is 4. The Balaban J connectivity index is 2.04. The van der Waals surface area contributed by atoms with Crippen molar-refractivity contribution >= 4 is 24.4 Å². The molecule has 9 heteroatoms. The van der Waals surface area contributed by atoms with Crippen LogP contribution in [0, 0.1) is 0 Å². The molecule has 1 unspecified atom stereocenters. The predicted octanol–water partition coefficient (Wildman–Crippen LogP) is 1.84. The lowest BCUT2D eigenvalue weighted by Crippen LogP contribution is -2.22. The van der Waals surface area contributed by atoms with Gasteiger partial charge < -0.3 is 19.9 Å². The molecule has 22 heavy (non-hydrogen) atoms. The quantitative estimate of drug-likeness (QED) is 0.805. The fourth-order valence-electron chi connectivity index (χ4n) is 1.78. The van der Waals surface area contributed by atoms with Gasteiger partial charge in [0.2, 0.25) is 7.37 Å². The number of hydrogen-bond donors (Lipinski definition) is 2. The van der Waals surface area contributed by atoms with Gasteiger partial charge in [-0.05, 0) is 6.92 Å². The van der Waals surface area contributed by atoms with Crippen LogP contribution >= 0.6 is 7.37 Å². The van der Waals surface area contributed by atoms with E-state index in [4.69, 9.17) is 10.5 Å². The highest BCUT2D eigenvalue weighted by atomic mass is 31.2. The maximum atomic E-state index is 12.2. The average molecular weight is 327 g/mol.